The fourth-order valence-corrected chi connectivity index (χ4v) is 4.92. The van der Waals surface area contributed by atoms with Crippen molar-refractivity contribution in [3.8, 4) is 0 Å². The minimum atomic E-state index is -3.58. The monoisotopic (exact) mass is 393 g/mol. The van der Waals surface area contributed by atoms with Crippen LogP contribution in [0.15, 0.2) is 47.4 Å². The van der Waals surface area contributed by atoms with Gasteiger partial charge in [0, 0.05) is 42.5 Å². The first kappa shape index (κ1) is 18.7. The lowest BCUT2D eigenvalue weighted by molar-refractivity contribution is 0.100. The van der Waals surface area contributed by atoms with E-state index in [1.807, 2.05) is 12.1 Å². The zero-order valence-corrected chi connectivity index (χ0v) is 15.9. The number of halogens is 1. The molecule has 2 aromatic rings. The molecule has 0 atom stereocenters. The maximum atomic E-state index is 12.9. The second-order valence-electron chi connectivity index (χ2n) is 6.21. The van der Waals surface area contributed by atoms with Gasteiger partial charge in [-0.1, -0.05) is 17.7 Å². The smallest absolute Gasteiger partial charge is 0.248 e. The third-order valence-electron chi connectivity index (χ3n) is 4.52. The molecule has 0 radical (unpaired) electrons. The normalized spacial score (nSPS) is 15.8. The molecule has 1 amide bonds. The fraction of sp³-hybridized carbons (Fsp3) is 0.278. The number of nitrogens with zero attached hydrogens (tertiary/aromatic N) is 2. The van der Waals surface area contributed by atoms with Gasteiger partial charge in [0.15, 0.2) is 0 Å². The number of hydrogen-bond donors (Lipinski definition) is 1. The average molecular weight is 394 g/mol. The molecule has 2 N–H and O–H groups in total. The third kappa shape index (κ3) is 3.70. The molecular formula is C18H20ClN3O3S. The number of hydrogen-bond acceptors (Lipinski definition) is 4. The molecule has 1 aliphatic heterocycles. The van der Waals surface area contributed by atoms with Gasteiger partial charge in [0.25, 0.3) is 0 Å². The van der Waals surface area contributed by atoms with E-state index in [1.165, 1.54) is 10.4 Å². The number of rotatable bonds is 4. The number of amides is 1. The van der Waals surface area contributed by atoms with Gasteiger partial charge in [-0.2, -0.15) is 4.31 Å². The van der Waals surface area contributed by atoms with E-state index in [0.29, 0.717) is 42.3 Å². The molecule has 26 heavy (non-hydrogen) atoms. The summed E-state index contributed by atoms with van der Waals surface area (Å²) >= 11 is 5.98. The summed E-state index contributed by atoms with van der Waals surface area (Å²) in [5.74, 6) is -0.468. The quantitative estimate of drug-likeness (QED) is 0.863. The van der Waals surface area contributed by atoms with Gasteiger partial charge in [-0.15, -0.1) is 0 Å². The molecule has 138 valence electrons. The molecule has 0 unspecified atom stereocenters. The van der Waals surface area contributed by atoms with E-state index < -0.39 is 15.9 Å². The van der Waals surface area contributed by atoms with Crippen LogP contribution in [-0.2, 0) is 10.0 Å². The lowest BCUT2D eigenvalue weighted by atomic mass is 10.2. The van der Waals surface area contributed by atoms with Crippen LogP contribution in [0.25, 0.3) is 0 Å². The van der Waals surface area contributed by atoms with Crippen LogP contribution in [0.2, 0.25) is 5.02 Å². The highest BCUT2D eigenvalue weighted by Gasteiger charge is 2.29. The molecule has 1 saturated heterocycles. The molecule has 3 rings (SSSR count). The zero-order valence-electron chi connectivity index (χ0n) is 14.4. The number of carbonyl (C=O) groups is 1. The number of nitrogens with two attached hydrogens (primary N) is 1. The maximum Gasteiger partial charge on any atom is 0.248 e. The van der Waals surface area contributed by atoms with Crippen molar-refractivity contribution >= 4 is 33.2 Å². The molecule has 1 fully saturated rings. The zero-order chi connectivity index (χ0) is 18.9. The SMILES string of the molecule is Cc1ccc(Cl)cc1S(=O)(=O)N1CCN(c2ccc(C(N)=O)cc2)CC1. The Bertz CT molecular complexity index is 921. The highest BCUT2D eigenvalue weighted by molar-refractivity contribution is 7.89. The van der Waals surface area contributed by atoms with Crippen molar-refractivity contribution in [2.24, 2.45) is 5.73 Å². The van der Waals surface area contributed by atoms with Crippen LogP contribution in [0, 0.1) is 6.92 Å². The summed E-state index contributed by atoms with van der Waals surface area (Å²) in [5.41, 5.74) is 7.32. The maximum absolute atomic E-state index is 12.9. The van der Waals surface area contributed by atoms with E-state index in [2.05, 4.69) is 4.90 Å². The van der Waals surface area contributed by atoms with Crippen molar-refractivity contribution in [3.05, 3.63) is 58.6 Å². The van der Waals surface area contributed by atoms with Gasteiger partial charge in [-0.05, 0) is 48.9 Å². The van der Waals surface area contributed by atoms with Gasteiger partial charge in [0.1, 0.15) is 0 Å². The van der Waals surface area contributed by atoms with Crippen molar-refractivity contribution < 1.29 is 13.2 Å². The number of sulfonamides is 1. The predicted octanol–water partition coefficient (Wildman–Crippen LogP) is 2.26. The molecule has 1 heterocycles. The summed E-state index contributed by atoms with van der Waals surface area (Å²) in [6.07, 6.45) is 0. The molecular weight excluding hydrogens is 374 g/mol. The van der Waals surface area contributed by atoms with Crippen LogP contribution in [0.3, 0.4) is 0 Å². The van der Waals surface area contributed by atoms with E-state index in [1.54, 1.807) is 31.2 Å². The second kappa shape index (κ2) is 7.26. The fourth-order valence-electron chi connectivity index (χ4n) is 3.01. The lowest BCUT2D eigenvalue weighted by Crippen LogP contribution is -2.48. The van der Waals surface area contributed by atoms with Gasteiger partial charge in [-0.3, -0.25) is 4.79 Å². The van der Waals surface area contributed by atoms with Gasteiger partial charge < -0.3 is 10.6 Å². The van der Waals surface area contributed by atoms with E-state index in [0.717, 1.165) is 5.69 Å². The number of carbonyl (C=O) groups excluding carboxylic acids is 1. The number of anilines is 1. The second-order valence-corrected chi connectivity index (χ2v) is 8.55. The van der Waals surface area contributed by atoms with Gasteiger partial charge in [0.2, 0.25) is 15.9 Å². The Kier molecular flexibility index (Phi) is 5.22. The first-order valence-electron chi connectivity index (χ1n) is 8.20. The Hall–Kier alpha value is -2.09. The topological polar surface area (TPSA) is 83.7 Å². The Morgan fingerprint density at radius 1 is 1.04 bits per heavy atom. The number of benzene rings is 2. The molecule has 1 aliphatic rings. The molecule has 8 heteroatoms. The molecule has 6 nitrogen and oxygen atoms in total. The van der Waals surface area contributed by atoms with Gasteiger partial charge >= 0.3 is 0 Å². The van der Waals surface area contributed by atoms with Crippen molar-refractivity contribution in [3.63, 3.8) is 0 Å². The lowest BCUT2D eigenvalue weighted by Gasteiger charge is -2.35. The molecule has 0 aromatic heterocycles. The van der Waals surface area contributed by atoms with E-state index in [4.69, 9.17) is 17.3 Å². The highest BCUT2D eigenvalue weighted by atomic mass is 35.5. The summed E-state index contributed by atoms with van der Waals surface area (Å²) < 4.78 is 27.3. The summed E-state index contributed by atoms with van der Waals surface area (Å²) in [6.45, 7) is 3.65. The van der Waals surface area contributed by atoms with Gasteiger partial charge in [-0.25, -0.2) is 8.42 Å². The molecule has 0 aliphatic carbocycles. The Morgan fingerprint density at radius 2 is 1.65 bits per heavy atom. The van der Waals surface area contributed by atoms with Crippen LogP contribution in [0.4, 0.5) is 5.69 Å². The van der Waals surface area contributed by atoms with Crippen LogP contribution >= 0.6 is 11.6 Å². The third-order valence-corrected chi connectivity index (χ3v) is 6.80. The van der Waals surface area contributed by atoms with Crippen LogP contribution in [0.5, 0.6) is 0 Å². The molecule has 0 spiro atoms. The van der Waals surface area contributed by atoms with E-state index in [-0.39, 0.29) is 4.90 Å². The summed E-state index contributed by atoms with van der Waals surface area (Å²) in [6, 6.07) is 11.9. The Labute approximate surface area is 158 Å². The van der Waals surface area contributed by atoms with Crippen molar-refractivity contribution in [2.75, 3.05) is 31.1 Å². The van der Waals surface area contributed by atoms with Crippen molar-refractivity contribution in [2.45, 2.75) is 11.8 Å². The first-order chi connectivity index (χ1) is 12.3. The minimum Gasteiger partial charge on any atom is -0.369 e. The first-order valence-corrected chi connectivity index (χ1v) is 10.0. The van der Waals surface area contributed by atoms with Crippen LogP contribution in [0.1, 0.15) is 15.9 Å². The van der Waals surface area contributed by atoms with Crippen molar-refractivity contribution in [1.29, 1.82) is 0 Å². The largest absolute Gasteiger partial charge is 0.369 e. The predicted molar refractivity (Wildman–Crippen MR) is 102 cm³/mol. The minimum absolute atomic E-state index is 0.254. The summed E-state index contributed by atoms with van der Waals surface area (Å²) in [7, 11) is -3.58. The average Bonchev–Trinajstić information content (AvgIpc) is 2.64. The molecule has 2 aromatic carbocycles. The standard InChI is InChI=1S/C18H20ClN3O3S/c1-13-2-5-15(19)12-17(13)26(24,25)22-10-8-21(9-11-22)16-6-3-14(4-7-16)18(20)23/h2-7,12H,8-11H2,1H3,(H2,20,23). The summed E-state index contributed by atoms with van der Waals surface area (Å²) in [5, 5.41) is 0.405. The summed E-state index contributed by atoms with van der Waals surface area (Å²) in [4.78, 5) is 13.5. The molecule has 0 bridgehead atoms. The number of aryl methyl sites for hydroxylation is 1. The number of piperazine rings is 1. The highest BCUT2D eigenvalue weighted by Crippen LogP contribution is 2.25. The number of primary amides is 1. The van der Waals surface area contributed by atoms with E-state index in [9.17, 15) is 13.2 Å². The van der Waals surface area contributed by atoms with Crippen molar-refractivity contribution in [1.82, 2.24) is 4.31 Å². The van der Waals surface area contributed by atoms with Gasteiger partial charge in [0.05, 0.1) is 4.90 Å². The van der Waals surface area contributed by atoms with Crippen LogP contribution in [-0.4, -0.2) is 44.8 Å². The Balaban J connectivity index is 1.73. The van der Waals surface area contributed by atoms with E-state index >= 15 is 0 Å². The molecule has 0 saturated carbocycles. The Morgan fingerprint density at radius 3 is 2.23 bits per heavy atom. The van der Waals surface area contributed by atoms with Crippen LogP contribution < -0.4 is 10.6 Å².